The minimum Gasteiger partial charge on any atom is -0.218 e. The average Bonchev–Trinajstić information content (AvgIpc) is 2.18. The van der Waals surface area contributed by atoms with E-state index in [-0.39, 0.29) is 9.26 Å². The van der Waals surface area contributed by atoms with Crippen LogP contribution in [-0.2, 0) is 9.84 Å². The van der Waals surface area contributed by atoms with Crippen LogP contribution in [0.15, 0.2) is 45.1 Å². The third-order valence-corrected chi connectivity index (χ3v) is 4.10. The molecular formula is C8H6Cl2O2S. The van der Waals surface area contributed by atoms with Crippen LogP contribution in [0.1, 0.15) is 0 Å². The molecule has 0 unspecified atom stereocenters. The molecule has 2 nitrogen and oxygen atoms in total. The number of rotatable bonds is 2. The van der Waals surface area contributed by atoms with Gasteiger partial charge in [-0.25, -0.2) is 8.42 Å². The molecule has 0 aliphatic rings. The molecule has 0 spiro atoms. The van der Waals surface area contributed by atoms with E-state index < -0.39 is 9.84 Å². The first kappa shape index (κ1) is 10.6. The Balaban J connectivity index is 3.25. The molecule has 0 fully saturated rings. The highest BCUT2D eigenvalue weighted by molar-refractivity contribution is 7.97. The molecule has 0 bridgehead atoms. The van der Waals surface area contributed by atoms with E-state index in [1.165, 1.54) is 12.1 Å². The second-order valence-corrected chi connectivity index (χ2v) is 5.00. The monoisotopic (exact) mass is 236 g/mol. The Hall–Kier alpha value is -0.510. The Labute approximate surface area is 86.7 Å². The summed E-state index contributed by atoms with van der Waals surface area (Å²) >= 11 is 10.6. The summed E-state index contributed by atoms with van der Waals surface area (Å²) in [4.78, 5) is 0.136. The lowest BCUT2D eigenvalue weighted by Crippen LogP contribution is -1.99. The molecule has 0 aliphatic carbocycles. The Kier molecular flexibility index (Phi) is 3.36. The molecule has 0 heterocycles. The minimum absolute atomic E-state index is 0.136. The second kappa shape index (κ2) is 4.13. The molecule has 0 atom stereocenters. The third-order valence-electron chi connectivity index (χ3n) is 1.40. The van der Waals surface area contributed by atoms with Crippen molar-refractivity contribution in [2.24, 2.45) is 0 Å². The zero-order valence-electron chi connectivity index (χ0n) is 6.44. The Bertz CT molecular complexity index is 409. The predicted octanol–water partition coefficient (Wildman–Crippen LogP) is 2.74. The molecule has 70 valence electrons. The summed E-state index contributed by atoms with van der Waals surface area (Å²) in [6, 6.07) is 7.87. The van der Waals surface area contributed by atoms with Gasteiger partial charge in [0.15, 0.2) is 0 Å². The van der Waals surface area contributed by atoms with Gasteiger partial charge in [0.25, 0.3) is 0 Å². The number of sulfone groups is 1. The van der Waals surface area contributed by atoms with Crippen molar-refractivity contribution in [3.05, 3.63) is 40.2 Å². The topological polar surface area (TPSA) is 34.1 Å². The van der Waals surface area contributed by atoms with Gasteiger partial charge in [-0.15, -0.1) is 0 Å². The molecule has 0 radical (unpaired) electrons. The van der Waals surface area contributed by atoms with Crippen molar-refractivity contribution in [2.75, 3.05) is 0 Å². The van der Waals surface area contributed by atoms with Crippen LogP contribution >= 0.6 is 23.2 Å². The zero-order chi connectivity index (χ0) is 9.90. The van der Waals surface area contributed by atoms with Crippen molar-refractivity contribution in [2.45, 2.75) is 4.90 Å². The van der Waals surface area contributed by atoms with Crippen LogP contribution in [0.3, 0.4) is 0 Å². The van der Waals surface area contributed by atoms with Crippen LogP contribution in [0.5, 0.6) is 0 Å². The first-order chi connectivity index (χ1) is 6.09. The van der Waals surface area contributed by atoms with Crippen LogP contribution in [0.2, 0.25) is 0 Å². The number of benzene rings is 1. The molecular weight excluding hydrogens is 231 g/mol. The average molecular weight is 237 g/mol. The van der Waals surface area contributed by atoms with Crippen molar-refractivity contribution in [1.29, 1.82) is 0 Å². The lowest BCUT2D eigenvalue weighted by Gasteiger charge is -2.00. The highest BCUT2D eigenvalue weighted by Crippen LogP contribution is 2.22. The van der Waals surface area contributed by atoms with E-state index >= 15 is 0 Å². The largest absolute Gasteiger partial charge is 0.218 e. The Morgan fingerprint density at radius 2 is 1.77 bits per heavy atom. The summed E-state index contributed by atoms with van der Waals surface area (Å²) in [6.07, 6.45) is 0. The van der Waals surface area contributed by atoms with E-state index in [4.69, 9.17) is 23.2 Å². The van der Waals surface area contributed by atoms with E-state index in [1.54, 1.807) is 18.2 Å². The van der Waals surface area contributed by atoms with Crippen LogP contribution in [0.4, 0.5) is 0 Å². The first-order valence-electron chi connectivity index (χ1n) is 3.35. The fourth-order valence-corrected chi connectivity index (χ4v) is 2.25. The maximum absolute atomic E-state index is 11.5. The van der Waals surface area contributed by atoms with Gasteiger partial charge in [0.2, 0.25) is 9.84 Å². The van der Waals surface area contributed by atoms with Crippen molar-refractivity contribution >= 4 is 33.0 Å². The normalized spacial score (nSPS) is 12.9. The lowest BCUT2D eigenvalue weighted by atomic mass is 10.4. The molecule has 0 aliphatic heterocycles. The Morgan fingerprint density at radius 1 is 1.23 bits per heavy atom. The van der Waals surface area contributed by atoms with E-state index in [0.717, 1.165) is 5.54 Å². The SMILES string of the molecule is O=S(=O)(C(Cl)=CCl)c1ccccc1. The van der Waals surface area contributed by atoms with Crippen LogP contribution in [0.25, 0.3) is 0 Å². The molecule has 1 rings (SSSR count). The molecule has 5 heteroatoms. The fraction of sp³-hybridized carbons (Fsp3) is 0. The van der Waals surface area contributed by atoms with Crippen LogP contribution in [0, 0.1) is 0 Å². The molecule has 1 aromatic rings. The number of hydrogen-bond donors (Lipinski definition) is 0. The number of hydrogen-bond acceptors (Lipinski definition) is 2. The summed E-state index contributed by atoms with van der Waals surface area (Å²) in [5.74, 6) is 0. The molecule has 0 saturated heterocycles. The first-order valence-corrected chi connectivity index (χ1v) is 5.65. The molecule has 0 amide bonds. The summed E-state index contributed by atoms with van der Waals surface area (Å²) < 4.78 is 22.6. The zero-order valence-corrected chi connectivity index (χ0v) is 8.77. The highest BCUT2D eigenvalue weighted by Gasteiger charge is 2.17. The number of halogens is 2. The van der Waals surface area contributed by atoms with Crippen molar-refractivity contribution in [3.63, 3.8) is 0 Å². The van der Waals surface area contributed by atoms with Crippen LogP contribution in [-0.4, -0.2) is 8.42 Å². The van der Waals surface area contributed by atoms with Gasteiger partial charge < -0.3 is 0 Å². The molecule has 13 heavy (non-hydrogen) atoms. The maximum Gasteiger partial charge on any atom is 0.218 e. The van der Waals surface area contributed by atoms with Gasteiger partial charge in [-0.05, 0) is 12.1 Å². The van der Waals surface area contributed by atoms with Gasteiger partial charge in [0, 0.05) is 5.54 Å². The fourth-order valence-electron chi connectivity index (χ4n) is 0.771. The van der Waals surface area contributed by atoms with Gasteiger partial charge in [-0.2, -0.15) is 0 Å². The Morgan fingerprint density at radius 3 is 2.23 bits per heavy atom. The quantitative estimate of drug-likeness (QED) is 0.792. The second-order valence-electron chi connectivity index (χ2n) is 2.23. The summed E-state index contributed by atoms with van der Waals surface area (Å²) in [5.41, 5.74) is 0.837. The molecule has 0 saturated carbocycles. The standard InChI is InChI=1S/C8H6Cl2O2S/c9-6-8(10)13(11,12)7-4-2-1-3-5-7/h1-6H. The van der Waals surface area contributed by atoms with E-state index in [9.17, 15) is 8.42 Å². The minimum atomic E-state index is -3.59. The molecule has 0 aromatic heterocycles. The maximum atomic E-state index is 11.5. The van der Waals surface area contributed by atoms with Gasteiger partial charge in [-0.1, -0.05) is 41.4 Å². The van der Waals surface area contributed by atoms with Gasteiger partial charge in [0.1, 0.15) is 4.36 Å². The van der Waals surface area contributed by atoms with Crippen molar-refractivity contribution in [3.8, 4) is 0 Å². The summed E-state index contributed by atoms with van der Waals surface area (Å²) in [6.45, 7) is 0. The van der Waals surface area contributed by atoms with Crippen molar-refractivity contribution in [1.82, 2.24) is 0 Å². The third kappa shape index (κ3) is 2.24. The van der Waals surface area contributed by atoms with E-state index in [1.807, 2.05) is 0 Å². The summed E-state index contributed by atoms with van der Waals surface area (Å²) in [7, 11) is -3.59. The van der Waals surface area contributed by atoms with Gasteiger partial charge in [0.05, 0.1) is 4.90 Å². The van der Waals surface area contributed by atoms with E-state index in [2.05, 4.69) is 0 Å². The van der Waals surface area contributed by atoms with Gasteiger partial charge >= 0.3 is 0 Å². The highest BCUT2D eigenvalue weighted by atomic mass is 35.5. The van der Waals surface area contributed by atoms with Crippen molar-refractivity contribution < 1.29 is 8.42 Å². The smallest absolute Gasteiger partial charge is 0.218 e. The summed E-state index contributed by atoms with van der Waals surface area (Å²) in [5, 5.41) is 0. The van der Waals surface area contributed by atoms with Crippen LogP contribution < -0.4 is 0 Å². The molecule has 0 N–H and O–H groups in total. The molecule has 1 aromatic carbocycles. The van der Waals surface area contributed by atoms with E-state index in [0.29, 0.717) is 0 Å². The van der Waals surface area contributed by atoms with Gasteiger partial charge in [-0.3, -0.25) is 0 Å². The predicted molar refractivity (Wildman–Crippen MR) is 53.4 cm³/mol. The lowest BCUT2D eigenvalue weighted by molar-refractivity contribution is 0.604.